The number of aryl methyl sites for hydroxylation is 1. The maximum atomic E-state index is 6.02. The Morgan fingerprint density at radius 1 is 1.50 bits per heavy atom. The predicted molar refractivity (Wildman–Crippen MR) is 83.8 cm³/mol. The first-order chi connectivity index (χ1) is 9.76. The normalized spacial score (nSPS) is 19.4. The summed E-state index contributed by atoms with van der Waals surface area (Å²) in [6.07, 6.45) is 3.36. The first-order valence-electron chi connectivity index (χ1n) is 7.04. The van der Waals surface area contributed by atoms with Crippen LogP contribution in [-0.4, -0.2) is 29.7 Å². The first kappa shape index (κ1) is 14.0. The Morgan fingerprint density at radius 3 is 3.15 bits per heavy atom. The Hall–Kier alpha value is -0.910. The number of hydrogen-bond donors (Lipinski definition) is 1. The molecule has 1 unspecified atom stereocenters. The Kier molecular flexibility index (Phi) is 4.38. The van der Waals surface area contributed by atoms with Crippen molar-refractivity contribution in [3.8, 4) is 0 Å². The van der Waals surface area contributed by atoms with Crippen molar-refractivity contribution in [2.24, 2.45) is 5.92 Å². The molecule has 0 saturated carbocycles. The van der Waals surface area contributed by atoms with E-state index in [4.69, 9.17) is 16.3 Å². The van der Waals surface area contributed by atoms with Gasteiger partial charge in [-0.3, -0.25) is 0 Å². The van der Waals surface area contributed by atoms with Crippen LogP contribution < -0.4 is 5.32 Å². The highest BCUT2D eigenvalue weighted by atomic mass is 35.5. The van der Waals surface area contributed by atoms with E-state index in [2.05, 4.69) is 28.3 Å². The van der Waals surface area contributed by atoms with Crippen LogP contribution in [0.3, 0.4) is 0 Å². The second kappa shape index (κ2) is 6.24. The van der Waals surface area contributed by atoms with Gasteiger partial charge in [-0.1, -0.05) is 6.92 Å². The van der Waals surface area contributed by atoms with E-state index in [9.17, 15) is 0 Å². The van der Waals surface area contributed by atoms with E-state index >= 15 is 0 Å². The molecule has 3 rings (SSSR count). The fourth-order valence-corrected chi connectivity index (χ4v) is 3.65. The third-order valence-electron chi connectivity index (χ3n) is 3.58. The number of ether oxygens (including phenoxy) is 1. The number of aromatic nitrogens is 2. The highest BCUT2D eigenvalue weighted by Crippen LogP contribution is 2.30. The van der Waals surface area contributed by atoms with Crippen LogP contribution in [0.1, 0.15) is 24.6 Å². The van der Waals surface area contributed by atoms with Gasteiger partial charge in [0.2, 0.25) is 5.28 Å². The third kappa shape index (κ3) is 3.05. The molecule has 4 nitrogen and oxygen atoms in total. The molecule has 0 amide bonds. The van der Waals surface area contributed by atoms with Gasteiger partial charge in [0, 0.05) is 18.0 Å². The molecule has 0 radical (unpaired) electrons. The third-order valence-corrected chi connectivity index (χ3v) is 4.92. The fraction of sp³-hybridized carbons (Fsp3) is 0.571. The van der Waals surface area contributed by atoms with E-state index in [-0.39, 0.29) is 0 Å². The van der Waals surface area contributed by atoms with Crippen LogP contribution in [0.4, 0.5) is 5.82 Å². The molecule has 108 valence electrons. The van der Waals surface area contributed by atoms with Crippen LogP contribution in [0.2, 0.25) is 5.28 Å². The van der Waals surface area contributed by atoms with Gasteiger partial charge >= 0.3 is 0 Å². The lowest BCUT2D eigenvalue weighted by Crippen LogP contribution is -2.24. The molecule has 1 N–H and O–H groups in total. The van der Waals surface area contributed by atoms with Gasteiger partial charge in [0.25, 0.3) is 0 Å². The van der Waals surface area contributed by atoms with Gasteiger partial charge in [0.1, 0.15) is 10.6 Å². The number of hydrogen-bond acceptors (Lipinski definition) is 5. The molecule has 1 atom stereocenters. The van der Waals surface area contributed by atoms with E-state index in [1.165, 1.54) is 11.3 Å². The van der Waals surface area contributed by atoms with Crippen molar-refractivity contribution in [1.29, 1.82) is 0 Å². The molecule has 6 heteroatoms. The van der Waals surface area contributed by atoms with Crippen LogP contribution in [0.15, 0.2) is 6.07 Å². The van der Waals surface area contributed by atoms with E-state index in [1.54, 1.807) is 11.3 Å². The average Bonchev–Trinajstić information content (AvgIpc) is 2.88. The Morgan fingerprint density at radius 2 is 2.40 bits per heavy atom. The van der Waals surface area contributed by atoms with Gasteiger partial charge < -0.3 is 10.1 Å². The molecule has 0 aromatic carbocycles. The Labute approximate surface area is 127 Å². The van der Waals surface area contributed by atoms with Crippen LogP contribution in [0, 0.1) is 5.92 Å². The van der Waals surface area contributed by atoms with Gasteiger partial charge in [-0.25, -0.2) is 9.97 Å². The summed E-state index contributed by atoms with van der Waals surface area (Å²) in [4.78, 5) is 10.9. The summed E-state index contributed by atoms with van der Waals surface area (Å²) >= 11 is 7.70. The molecule has 2 aromatic rings. The lowest BCUT2D eigenvalue weighted by atomic mass is 10.0. The largest absolute Gasteiger partial charge is 0.381 e. The topological polar surface area (TPSA) is 47.0 Å². The summed E-state index contributed by atoms with van der Waals surface area (Å²) in [6, 6.07) is 2.16. The number of rotatable bonds is 4. The minimum atomic E-state index is 0.310. The molecule has 1 aliphatic rings. The number of anilines is 1. The van der Waals surface area contributed by atoms with Crippen LogP contribution in [0.5, 0.6) is 0 Å². The molecule has 1 fully saturated rings. The molecular formula is C14H18ClN3OS. The predicted octanol–water partition coefficient (Wildman–Crippen LogP) is 3.75. The molecule has 1 aliphatic heterocycles. The number of halogens is 1. The van der Waals surface area contributed by atoms with Gasteiger partial charge in [-0.15, -0.1) is 11.3 Å². The molecule has 1 saturated heterocycles. The van der Waals surface area contributed by atoms with Crippen molar-refractivity contribution >= 4 is 39.0 Å². The zero-order valence-electron chi connectivity index (χ0n) is 11.5. The average molecular weight is 312 g/mol. The van der Waals surface area contributed by atoms with Crippen molar-refractivity contribution in [1.82, 2.24) is 9.97 Å². The summed E-state index contributed by atoms with van der Waals surface area (Å²) in [5.74, 6) is 1.40. The summed E-state index contributed by atoms with van der Waals surface area (Å²) < 4.78 is 5.51. The van der Waals surface area contributed by atoms with E-state index in [0.29, 0.717) is 11.2 Å². The Bertz CT molecular complexity index is 595. The highest BCUT2D eigenvalue weighted by molar-refractivity contribution is 7.18. The van der Waals surface area contributed by atoms with Crippen molar-refractivity contribution < 1.29 is 4.74 Å². The smallest absolute Gasteiger partial charge is 0.225 e. The second-order valence-electron chi connectivity index (χ2n) is 5.09. The standard InChI is InChI=1S/C14H18ClN3OS/c1-2-10-6-11-12(17-14(15)18-13(11)20-10)16-7-9-4-3-5-19-8-9/h6,9H,2-5,7-8H2,1H3,(H,16,17,18). The van der Waals surface area contributed by atoms with Gasteiger partial charge in [-0.05, 0) is 42.8 Å². The van der Waals surface area contributed by atoms with Crippen LogP contribution in [0.25, 0.3) is 10.2 Å². The number of nitrogens with one attached hydrogen (secondary N) is 1. The molecule has 0 aliphatic carbocycles. The van der Waals surface area contributed by atoms with E-state index in [0.717, 1.165) is 48.6 Å². The number of thiophene rings is 1. The molecule has 0 spiro atoms. The SMILES string of the molecule is CCc1cc2c(NCC3CCCOC3)nc(Cl)nc2s1. The van der Waals surface area contributed by atoms with Gasteiger partial charge in [0.05, 0.1) is 12.0 Å². The van der Waals surface area contributed by atoms with Crippen LogP contribution in [-0.2, 0) is 11.2 Å². The second-order valence-corrected chi connectivity index (χ2v) is 6.54. The van der Waals surface area contributed by atoms with Crippen molar-refractivity contribution in [3.05, 3.63) is 16.2 Å². The fourth-order valence-electron chi connectivity index (χ4n) is 2.46. The summed E-state index contributed by atoms with van der Waals surface area (Å²) in [6.45, 7) is 4.75. The van der Waals surface area contributed by atoms with E-state index in [1.807, 2.05) is 0 Å². The molecular weight excluding hydrogens is 294 g/mol. The molecule has 2 aromatic heterocycles. The quantitative estimate of drug-likeness (QED) is 0.874. The number of nitrogens with zero attached hydrogens (tertiary/aromatic N) is 2. The zero-order valence-corrected chi connectivity index (χ0v) is 13.1. The van der Waals surface area contributed by atoms with E-state index < -0.39 is 0 Å². The van der Waals surface area contributed by atoms with Crippen LogP contribution >= 0.6 is 22.9 Å². The zero-order chi connectivity index (χ0) is 13.9. The molecule has 3 heterocycles. The first-order valence-corrected chi connectivity index (χ1v) is 8.23. The summed E-state index contributed by atoms with van der Waals surface area (Å²) in [7, 11) is 0. The lowest BCUT2D eigenvalue weighted by Gasteiger charge is -2.22. The Balaban J connectivity index is 1.80. The van der Waals surface area contributed by atoms with Gasteiger partial charge in [-0.2, -0.15) is 0 Å². The highest BCUT2D eigenvalue weighted by Gasteiger charge is 2.15. The van der Waals surface area contributed by atoms with Gasteiger partial charge in [0.15, 0.2) is 0 Å². The monoisotopic (exact) mass is 311 g/mol. The maximum absolute atomic E-state index is 6.02. The molecule has 20 heavy (non-hydrogen) atoms. The maximum Gasteiger partial charge on any atom is 0.225 e. The summed E-state index contributed by atoms with van der Waals surface area (Å²) in [5, 5.41) is 4.81. The molecule has 0 bridgehead atoms. The summed E-state index contributed by atoms with van der Waals surface area (Å²) in [5.41, 5.74) is 0. The van der Waals surface area contributed by atoms with Crippen molar-refractivity contribution in [3.63, 3.8) is 0 Å². The van der Waals surface area contributed by atoms with Crippen molar-refractivity contribution in [2.45, 2.75) is 26.2 Å². The lowest BCUT2D eigenvalue weighted by molar-refractivity contribution is 0.0595. The minimum absolute atomic E-state index is 0.310. The minimum Gasteiger partial charge on any atom is -0.381 e. The van der Waals surface area contributed by atoms with Crippen molar-refractivity contribution in [2.75, 3.05) is 25.1 Å². The number of fused-ring (bicyclic) bond motifs is 1.